The fourth-order valence-corrected chi connectivity index (χ4v) is 9.41. The van der Waals surface area contributed by atoms with Gasteiger partial charge in [-0.2, -0.15) is 20.1 Å². The van der Waals surface area contributed by atoms with Crippen LogP contribution in [0.4, 0.5) is 57.4 Å². The quantitative estimate of drug-likeness (QED) is 0.0140. The molecule has 0 aliphatic carbocycles. The van der Waals surface area contributed by atoms with Gasteiger partial charge in [0.25, 0.3) is 0 Å². The smallest absolute Gasteiger partial charge is 1.00 e. The van der Waals surface area contributed by atoms with Crippen LogP contribution in [0.1, 0.15) is 0 Å². The van der Waals surface area contributed by atoms with Gasteiger partial charge in [-0.3, -0.25) is 8.37 Å². The molecule has 73 heavy (non-hydrogen) atoms. The number of aromatic nitrogens is 3. The van der Waals surface area contributed by atoms with Gasteiger partial charge in [0.15, 0.2) is 19.7 Å². The van der Waals surface area contributed by atoms with Crippen LogP contribution in [0, 0.1) is 0 Å². The molecule has 4 aromatic carbocycles. The monoisotopic (exact) mass is 1420 g/mol. The number of nitrogen functional groups attached to an aromatic ring is 2. The van der Waals surface area contributed by atoms with Crippen LogP contribution in [-0.2, 0) is 69.1 Å². The molecule has 42 heteroatoms. The molecule has 29 nitrogen and oxygen atoms in total. The first-order valence-electron chi connectivity index (χ1n) is 18.2. The molecule has 0 spiro atoms. The molecule has 0 bridgehead atoms. The third-order valence-electron chi connectivity index (χ3n) is 8.04. The molecule has 376 valence electrons. The summed E-state index contributed by atoms with van der Waals surface area (Å²) < 4.78 is 208. The number of nitrogens with one attached hydrogen (secondary N) is 2. The Balaban J connectivity index is 0.00000660. The fraction of sp³-hybridized carbons (Fsp3) is 0.129. The van der Waals surface area contributed by atoms with Gasteiger partial charge in [0, 0.05) is 11.4 Å². The maximum absolute atomic E-state index is 12.5. The Bertz CT molecular complexity index is 3580. The van der Waals surface area contributed by atoms with E-state index in [9.17, 15) is 68.7 Å². The summed E-state index contributed by atoms with van der Waals surface area (Å²) in [6.07, 6.45) is 0. The van der Waals surface area contributed by atoms with Crippen LogP contribution in [0.25, 0.3) is 0 Å². The molecule has 0 radical (unpaired) electrons. The summed E-state index contributed by atoms with van der Waals surface area (Å²) in [4.78, 5) is 9.19. The van der Waals surface area contributed by atoms with Gasteiger partial charge in [-0.1, -0.05) is 0 Å². The average molecular weight is 1420 g/mol. The van der Waals surface area contributed by atoms with Crippen LogP contribution in [0.2, 0.25) is 5.28 Å². The molecule has 0 atom stereocenters. The van der Waals surface area contributed by atoms with Crippen LogP contribution >= 0.6 is 48.4 Å². The van der Waals surface area contributed by atoms with Crippen molar-refractivity contribution >= 4 is 167 Å². The molecule has 0 amide bonds. The van der Waals surface area contributed by atoms with Crippen molar-refractivity contribution < 1.29 is 195 Å². The summed E-state index contributed by atoms with van der Waals surface area (Å²) in [6.45, 7) is -1.88. The van der Waals surface area contributed by atoms with E-state index in [1.807, 2.05) is 18.6 Å². The van der Waals surface area contributed by atoms with E-state index in [1.165, 1.54) is 12.1 Å². The van der Waals surface area contributed by atoms with E-state index in [0.717, 1.165) is 54.6 Å². The van der Waals surface area contributed by atoms with E-state index in [0.29, 0.717) is 6.07 Å². The molecule has 0 unspecified atom stereocenters. The number of nitrogens with zero attached hydrogens (tertiary/aromatic N) is 7. The predicted molar refractivity (Wildman–Crippen MR) is 257 cm³/mol. The Labute approximate surface area is 534 Å². The third-order valence-corrected chi connectivity index (χ3v) is 14.3. The second-order valence-electron chi connectivity index (χ2n) is 12.7. The van der Waals surface area contributed by atoms with E-state index in [4.69, 9.17) is 24.3 Å². The third kappa shape index (κ3) is 23.0. The Morgan fingerprint density at radius 3 is 1.47 bits per heavy atom. The number of hydrogen-bond donors (Lipinski definition) is 4. The summed E-state index contributed by atoms with van der Waals surface area (Å²) in [7, 11) is -29.3. The van der Waals surface area contributed by atoms with E-state index in [-0.39, 0.29) is 157 Å². The van der Waals surface area contributed by atoms with Crippen LogP contribution in [-0.4, -0.2) is 110 Å². The normalized spacial score (nSPS) is 12.6. The Morgan fingerprint density at radius 1 is 0.589 bits per heavy atom. The molecule has 0 aliphatic rings. The zero-order valence-electron chi connectivity index (χ0n) is 39.5. The summed E-state index contributed by atoms with van der Waals surface area (Å²) in [5.41, 5.74) is 8.60. The van der Waals surface area contributed by atoms with Gasteiger partial charge in [0.05, 0.1) is 61.4 Å². The number of benzene rings is 4. The molecular weight excluding hydrogens is 1390 g/mol. The minimum absolute atomic E-state index is 0. The number of anilines is 6. The van der Waals surface area contributed by atoms with Crippen molar-refractivity contribution in [2.45, 2.75) is 19.6 Å². The molecule has 0 saturated heterocycles. The molecular formula is C31H28ClI2N11Na4O18S6. The fourth-order valence-electron chi connectivity index (χ4n) is 5.07. The maximum atomic E-state index is 12.5. The number of sulfone groups is 2. The molecule has 0 aliphatic heterocycles. The second-order valence-corrected chi connectivity index (χ2v) is 22.0. The van der Waals surface area contributed by atoms with Gasteiger partial charge in [0.2, 0.25) is 38.0 Å². The van der Waals surface area contributed by atoms with Crippen LogP contribution in [0.5, 0.6) is 0 Å². The van der Waals surface area contributed by atoms with Gasteiger partial charge in [0.1, 0.15) is 37.3 Å². The number of rotatable bonds is 20. The standard InChI is InChI=1S/C31H30ClN11O18S6.H2I2.4Na/c32-29-37-30(35-17-1-6-20(7-2-17)62(44,45)13-11-60-66(54,55)56)39-31(38-29)36-19-5-10-24(64(48,49)50)22(15-19)41-42-23-16-25(65(51,52)53)27(34)28(26(23)33)43-40-18-3-8-21(9-4-18)63(46,47)14-12-61-67(57,58)59;1-2;;;;/h1-10,15-16H,11-14,33-34H2,(H,48,49,50)(H,51,52,53)(H,54,55,56)(H,57,58,59)(H2,35,36,37,38,39);1H2;;;;/q;;4*+1/p-4/i;1D2;;;;. The minimum atomic E-state index is -5.43. The largest absolute Gasteiger partial charge is 1.00 e. The van der Waals surface area contributed by atoms with Crippen molar-refractivity contribution in [2.24, 2.45) is 20.5 Å². The molecule has 0 saturated carbocycles. The Kier molecular flexibility index (Phi) is 28.9. The van der Waals surface area contributed by atoms with Crippen molar-refractivity contribution in [2.75, 3.05) is 46.8 Å². The number of halogens is 3. The van der Waals surface area contributed by atoms with E-state index in [1.54, 1.807) is 0 Å². The molecule has 0 fully saturated rings. The molecule has 5 aromatic rings. The van der Waals surface area contributed by atoms with Crippen molar-refractivity contribution in [3.05, 3.63) is 78.1 Å². The minimum Gasteiger partial charge on any atom is 1.00 e. The van der Waals surface area contributed by atoms with Gasteiger partial charge in [-0.05, 0) is 84.4 Å². The van der Waals surface area contributed by atoms with Crippen LogP contribution in [0.3, 0.4) is 0 Å². The molecule has 1 heterocycles. The number of azo groups is 2. The van der Waals surface area contributed by atoms with Crippen LogP contribution < -0.4 is 140 Å². The second kappa shape index (κ2) is 30.8. The van der Waals surface area contributed by atoms with Gasteiger partial charge >= 0.3 is 156 Å². The van der Waals surface area contributed by atoms with Crippen molar-refractivity contribution in [1.82, 2.24) is 15.0 Å². The molecule has 6 N–H and O–H groups in total. The average Bonchev–Trinajstić information content (AvgIpc) is 3.21. The Hall–Kier alpha value is -0.500. The maximum Gasteiger partial charge on any atom is 1.00 e. The van der Waals surface area contributed by atoms with Crippen LogP contribution in [0.15, 0.2) is 113 Å². The zero-order valence-corrected chi connectivity index (χ0v) is 55.4. The van der Waals surface area contributed by atoms with Gasteiger partial charge in [-0.25, -0.2) is 50.5 Å². The van der Waals surface area contributed by atoms with E-state index >= 15 is 0 Å². The molecule has 5 rings (SSSR count). The van der Waals surface area contributed by atoms with Crippen molar-refractivity contribution in [1.29, 1.82) is 1.19 Å². The summed E-state index contributed by atoms with van der Waals surface area (Å²) >= 11 is 6.11. The zero-order chi connectivity index (χ0) is 53.3. The van der Waals surface area contributed by atoms with E-state index in [2.05, 4.69) is 54.4 Å². The topological polar surface area (TPSA) is 480 Å². The van der Waals surface area contributed by atoms with Crippen molar-refractivity contribution in [3.8, 4) is 0 Å². The Morgan fingerprint density at radius 2 is 1.01 bits per heavy atom. The first kappa shape index (κ1) is 68.6. The summed E-state index contributed by atoms with van der Waals surface area (Å²) in [5, 5.41) is 20.1. The first-order chi connectivity index (χ1) is 32.6. The van der Waals surface area contributed by atoms with Crippen molar-refractivity contribution in [3.63, 3.8) is 0 Å². The number of nitrogens with two attached hydrogens (primary N) is 2. The molecule has 1 aromatic heterocycles. The number of hydrogen-bond acceptors (Lipinski definition) is 29. The SMILES string of the molecule is Nc1c(N=Nc2cc(Nc3nc(Cl)nc(Nc4ccc(S(=O)(=O)CCOS(=O)(=O)[O-])cc4)n3)ccc2S(=O)(=O)[O-])cc(S(=O)(=O)[O-])c(N)c1N=Nc1ccc(S(=O)(=O)CCOS(=O)(=O)[O-])cc1.[2H]I([2H])I.[Na+].[Na+].[Na+].[Na+]. The summed E-state index contributed by atoms with van der Waals surface area (Å²) in [6, 6.07) is 12.4. The predicted octanol–water partition coefficient (Wildman–Crippen LogP) is -8.43. The van der Waals surface area contributed by atoms with E-state index < -0.39 is 147 Å². The van der Waals surface area contributed by atoms with Gasteiger partial charge < -0.3 is 40.3 Å². The van der Waals surface area contributed by atoms with Gasteiger partial charge in [-0.15, -0.1) is 15.3 Å². The first-order valence-corrected chi connectivity index (χ1v) is 32.9. The summed E-state index contributed by atoms with van der Waals surface area (Å²) in [5.74, 6) is -2.26.